The molecule has 14 heavy (non-hydrogen) atoms. The first-order valence-corrected chi connectivity index (χ1v) is 4.96. The minimum atomic E-state index is 0.423. The summed E-state index contributed by atoms with van der Waals surface area (Å²) in [5.74, 6) is 0. The van der Waals surface area contributed by atoms with Gasteiger partial charge in [-0.05, 0) is 31.2 Å². The predicted octanol–water partition coefficient (Wildman–Crippen LogP) is 1.30. The number of aryl methyl sites for hydroxylation is 1. The number of nitrogen functional groups attached to an aromatic ring is 1. The Bertz CT molecular complexity index is 494. The molecule has 0 saturated heterocycles. The van der Waals surface area contributed by atoms with Gasteiger partial charge in [0.2, 0.25) is 4.80 Å². The second kappa shape index (κ2) is 3.26. The van der Waals surface area contributed by atoms with Crippen molar-refractivity contribution >= 4 is 17.0 Å². The maximum atomic E-state index is 7.67. The predicted molar refractivity (Wildman–Crippen MR) is 56.4 cm³/mol. The summed E-state index contributed by atoms with van der Waals surface area (Å²) in [6, 6.07) is 7.31. The fourth-order valence-corrected chi connectivity index (χ4v) is 1.82. The third-order valence-electron chi connectivity index (χ3n) is 1.82. The van der Waals surface area contributed by atoms with Crippen LogP contribution in [0.2, 0.25) is 0 Å². The van der Waals surface area contributed by atoms with Gasteiger partial charge in [-0.3, -0.25) is 5.41 Å². The Morgan fingerprint density at radius 3 is 2.50 bits per heavy atom. The topological polar surface area (TPSA) is 67.7 Å². The number of hydrogen-bond donors (Lipinski definition) is 2. The minimum Gasteiger partial charge on any atom is -0.399 e. The molecule has 0 bridgehead atoms. The summed E-state index contributed by atoms with van der Waals surface area (Å²) >= 11 is 1.36. The molecule has 0 atom stereocenters. The molecule has 0 radical (unpaired) electrons. The van der Waals surface area contributed by atoms with Crippen LogP contribution in [-0.2, 0) is 0 Å². The molecule has 1 heterocycles. The van der Waals surface area contributed by atoms with Gasteiger partial charge >= 0.3 is 0 Å². The lowest BCUT2D eigenvalue weighted by Gasteiger charge is -2.00. The van der Waals surface area contributed by atoms with Crippen molar-refractivity contribution in [1.29, 1.82) is 5.41 Å². The van der Waals surface area contributed by atoms with Crippen molar-refractivity contribution in [1.82, 2.24) is 9.78 Å². The van der Waals surface area contributed by atoms with Crippen LogP contribution < -0.4 is 10.5 Å². The Labute approximate surface area is 85.1 Å². The molecule has 0 unspecified atom stereocenters. The fourth-order valence-electron chi connectivity index (χ4n) is 1.18. The van der Waals surface area contributed by atoms with Gasteiger partial charge in [0.1, 0.15) is 5.01 Å². The van der Waals surface area contributed by atoms with Crippen LogP contribution in [0.5, 0.6) is 0 Å². The van der Waals surface area contributed by atoms with Gasteiger partial charge in [-0.1, -0.05) is 11.3 Å². The molecule has 0 aliphatic heterocycles. The van der Waals surface area contributed by atoms with E-state index in [1.807, 2.05) is 19.1 Å². The van der Waals surface area contributed by atoms with E-state index in [0.717, 1.165) is 10.7 Å². The molecule has 0 fully saturated rings. The summed E-state index contributed by atoms with van der Waals surface area (Å²) in [5.41, 5.74) is 7.16. The molecule has 0 spiro atoms. The second-order valence-electron chi connectivity index (χ2n) is 2.93. The highest BCUT2D eigenvalue weighted by molar-refractivity contribution is 7.08. The Kier molecular flexibility index (Phi) is 2.09. The van der Waals surface area contributed by atoms with Gasteiger partial charge in [-0.2, -0.15) is 5.10 Å². The summed E-state index contributed by atoms with van der Waals surface area (Å²) in [5, 5.41) is 12.8. The minimum absolute atomic E-state index is 0.423. The number of aromatic nitrogens is 2. The average Bonchev–Trinajstić information content (AvgIpc) is 2.47. The normalized spacial score (nSPS) is 10.4. The molecular formula is C9H10N4S. The number of nitrogens with zero attached hydrogens (tertiary/aromatic N) is 2. The SMILES string of the molecule is Cc1nn(-c2ccc(N)cc2)c(=N)s1. The second-order valence-corrected chi connectivity index (χ2v) is 4.11. The number of anilines is 1. The Morgan fingerprint density at radius 2 is 2.00 bits per heavy atom. The maximum Gasteiger partial charge on any atom is 0.205 e. The van der Waals surface area contributed by atoms with Crippen molar-refractivity contribution in [2.45, 2.75) is 6.92 Å². The van der Waals surface area contributed by atoms with Crippen LogP contribution in [-0.4, -0.2) is 9.78 Å². The first-order chi connectivity index (χ1) is 6.66. The highest BCUT2D eigenvalue weighted by Crippen LogP contribution is 2.09. The van der Waals surface area contributed by atoms with Gasteiger partial charge in [0.25, 0.3) is 0 Å². The van der Waals surface area contributed by atoms with E-state index < -0.39 is 0 Å². The first-order valence-electron chi connectivity index (χ1n) is 4.14. The van der Waals surface area contributed by atoms with Crippen LogP contribution in [0.15, 0.2) is 24.3 Å². The van der Waals surface area contributed by atoms with E-state index in [4.69, 9.17) is 11.1 Å². The Balaban J connectivity index is 2.54. The monoisotopic (exact) mass is 206 g/mol. The number of rotatable bonds is 1. The van der Waals surface area contributed by atoms with E-state index in [1.54, 1.807) is 16.8 Å². The quantitative estimate of drug-likeness (QED) is 0.691. The molecule has 4 nitrogen and oxygen atoms in total. The summed E-state index contributed by atoms with van der Waals surface area (Å²) in [7, 11) is 0. The lowest BCUT2D eigenvalue weighted by Crippen LogP contribution is -2.12. The largest absolute Gasteiger partial charge is 0.399 e. The van der Waals surface area contributed by atoms with Crippen molar-refractivity contribution in [2.24, 2.45) is 0 Å². The summed E-state index contributed by atoms with van der Waals surface area (Å²) < 4.78 is 1.60. The zero-order valence-corrected chi connectivity index (χ0v) is 8.51. The van der Waals surface area contributed by atoms with Crippen LogP contribution in [0.4, 0.5) is 5.69 Å². The summed E-state index contributed by atoms with van der Waals surface area (Å²) in [6.07, 6.45) is 0. The van der Waals surface area contributed by atoms with Gasteiger partial charge in [-0.25, -0.2) is 4.68 Å². The molecule has 2 rings (SSSR count). The highest BCUT2D eigenvalue weighted by atomic mass is 32.1. The molecular weight excluding hydrogens is 196 g/mol. The molecule has 1 aromatic carbocycles. The van der Waals surface area contributed by atoms with Gasteiger partial charge in [0, 0.05) is 5.69 Å². The number of nitrogens with one attached hydrogen (secondary N) is 1. The lowest BCUT2D eigenvalue weighted by atomic mass is 10.3. The molecule has 0 aliphatic rings. The third-order valence-corrected chi connectivity index (χ3v) is 2.56. The van der Waals surface area contributed by atoms with E-state index in [2.05, 4.69) is 5.10 Å². The van der Waals surface area contributed by atoms with Crippen LogP contribution in [0.3, 0.4) is 0 Å². The van der Waals surface area contributed by atoms with Crippen LogP contribution in [0, 0.1) is 12.3 Å². The smallest absolute Gasteiger partial charge is 0.205 e. The lowest BCUT2D eigenvalue weighted by molar-refractivity contribution is 0.809. The van der Waals surface area contributed by atoms with E-state index in [-0.39, 0.29) is 0 Å². The molecule has 1 aromatic heterocycles. The fraction of sp³-hybridized carbons (Fsp3) is 0.111. The van der Waals surface area contributed by atoms with Crippen molar-refractivity contribution in [3.8, 4) is 5.69 Å². The average molecular weight is 206 g/mol. The number of hydrogen-bond acceptors (Lipinski definition) is 4. The molecule has 72 valence electrons. The highest BCUT2D eigenvalue weighted by Gasteiger charge is 2.01. The summed E-state index contributed by atoms with van der Waals surface area (Å²) in [4.78, 5) is 0.423. The van der Waals surface area contributed by atoms with Crippen molar-refractivity contribution in [3.63, 3.8) is 0 Å². The van der Waals surface area contributed by atoms with Gasteiger partial charge in [0.05, 0.1) is 5.69 Å². The van der Waals surface area contributed by atoms with Crippen LogP contribution in [0.25, 0.3) is 5.69 Å². The number of benzene rings is 1. The standard InChI is InChI=1S/C9H10N4S/c1-6-12-13(9(11)14-6)8-4-2-7(10)3-5-8/h2-5,11H,10H2,1H3. The van der Waals surface area contributed by atoms with E-state index >= 15 is 0 Å². The third kappa shape index (κ3) is 1.54. The van der Waals surface area contributed by atoms with Crippen molar-refractivity contribution < 1.29 is 0 Å². The van der Waals surface area contributed by atoms with Gasteiger partial charge in [0.15, 0.2) is 0 Å². The Hall–Kier alpha value is -1.62. The molecule has 0 amide bonds. The maximum absolute atomic E-state index is 7.67. The molecule has 5 heteroatoms. The van der Waals surface area contributed by atoms with Gasteiger partial charge < -0.3 is 5.73 Å². The molecule has 2 aromatic rings. The molecule has 0 saturated carbocycles. The van der Waals surface area contributed by atoms with Crippen molar-refractivity contribution in [2.75, 3.05) is 5.73 Å². The molecule has 0 aliphatic carbocycles. The Morgan fingerprint density at radius 1 is 1.36 bits per heavy atom. The van der Waals surface area contributed by atoms with Gasteiger partial charge in [-0.15, -0.1) is 0 Å². The summed E-state index contributed by atoms with van der Waals surface area (Å²) in [6.45, 7) is 1.89. The van der Waals surface area contributed by atoms with E-state index in [0.29, 0.717) is 10.5 Å². The molecule has 3 N–H and O–H groups in total. The zero-order chi connectivity index (χ0) is 10.1. The van der Waals surface area contributed by atoms with Crippen molar-refractivity contribution in [3.05, 3.63) is 34.1 Å². The van der Waals surface area contributed by atoms with Crippen LogP contribution in [0.1, 0.15) is 5.01 Å². The first kappa shape index (κ1) is 8.96. The van der Waals surface area contributed by atoms with E-state index in [9.17, 15) is 0 Å². The zero-order valence-electron chi connectivity index (χ0n) is 7.69. The van der Waals surface area contributed by atoms with E-state index in [1.165, 1.54) is 11.3 Å². The number of nitrogens with two attached hydrogens (primary N) is 1. The van der Waals surface area contributed by atoms with Crippen LogP contribution >= 0.6 is 11.3 Å².